The van der Waals surface area contributed by atoms with E-state index in [1.165, 1.54) is 50.3 Å². The zero-order valence-corrected chi connectivity index (χ0v) is 18.8. The number of benzene rings is 1. The second-order valence-corrected chi connectivity index (χ2v) is 10.7. The molecule has 0 atom stereocenters. The van der Waals surface area contributed by atoms with E-state index in [1.54, 1.807) is 12.4 Å². The van der Waals surface area contributed by atoms with Gasteiger partial charge in [-0.1, -0.05) is 30.0 Å². The maximum atomic E-state index is 13.0. The summed E-state index contributed by atoms with van der Waals surface area (Å²) in [5.41, 5.74) is 1.91. The molecular formula is C25H27N5OS. The zero-order chi connectivity index (χ0) is 21.5. The van der Waals surface area contributed by atoms with Crippen LogP contribution in [-0.2, 0) is 4.79 Å². The SMILES string of the molecule is O=C(CSc1nnc(-c2cccnc2)n1-c1ccccc1)NC12CC3CC(CC(C3)C1)C2. The number of carbonyl (C=O) groups is 1. The van der Waals surface area contributed by atoms with Crippen LogP contribution in [0.2, 0.25) is 0 Å². The Labute approximate surface area is 192 Å². The third kappa shape index (κ3) is 3.72. The van der Waals surface area contributed by atoms with Crippen LogP contribution in [0.1, 0.15) is 38.5 Å². The molecule has 4 aliphatic rings. The zero-order valence-electron chi connectivity index (χ0n) is 18.0. The van der Waals surface area contributed by atoms with E-state index >= 15 is 0 Å². The van der Waals surface area contributed by atoms with Crippen LogP contribution in [0.25, 0.3) is 17.1 Å². The van der Waals surface area contributed by atoms with E-state index in [2.05, 4.69) is 20.5 Å². The van der Waals surface area contributed by atoms with Gasteiger partial charge in [-0.25, -0.2) is 0 Å². The Morgan fingerprint density at radius 1 is 1.00 bits per heavy atom. The molecule has 4 aliphatic carbocycles. The highest BCUT2D eigenvalue weighted by atomic mass is 32.2. The molecule has 0 saturated heterocycles. The molecule has 4 fully saturated rings. The van der Waals surface area contributed by atoms with Crippen molar-refractivity contribution in [2.45, 2.75) is 49.2 Å². The smallest absolute Gasteiger partial charge is 0.230 e. The van der Waals surface area contributed by atoms with Gasteiger partial charge in [-0.05, 0) is 80.5 Å². The molecular weight excluding hydrogens is 418 g/mol. The number of amides is 1. The lowest BCUT2D eigenvalue weighted by molar-refractivity contribution is -0.124. The predicted molar refractivity (Wildman–Crippen MR) is 124 cm³/mol. The van der Waals surface area contributed by atoms with E-state index in [0.717, 1.165) is 40.0 Å². The Morgan fingerprint density at radius 2 is 1.72 bits per heavy atom. The van der Waals surface area contributed by atoms with E-state index in [-0.39, 0.29) is 11.4 Å². The number of para-hydroxylation sites is 1. The summed E-state index contributed by atoms with van der Waals surface area (Å²) in [5, 5.41) is 13.1. The van der Waals surface area contributed by atoms with Gasteiger partial charge in [0.15, 0.2) is 11.0 Å². The van der Waals surface area contributed by atoms with Gasteiger partial charge in [-0.3, -0.25) is 14.3 Å². The summed E-state index contributed by atoms with van der Waals surface area (Å²) in [7, 11) is 0. The van der Waals surface area contributed by atoms with Crippen LogP contribution in [0.15, 0.2) is 60.0 Å². The number of thioether (sulfide) groups is 1. The molecule has 1 aromatic carbocycles. The minimum absolute atomic E-state index is 0.0420. The minimum atomic E-state index is 0.0420. The van der Waals surface area contributed by atoms with Crippen LogP contribution in [0.5, 0.6) is 0 Å². The van der Waals surface area contributed by atoms with Crippen molar-refractivity contribution in [1.29, 1.82) is 0 Å². The molecule has 4 bridgehead atoms. The van der Waals surface area contributed by atoms with E-state index in [0.29, 0.717) is 5.75 Å². The fourth-order valence-corrected chi connectivity index (χ4v) is 7.33. The largest absolute Gasteiger partial charge is 0.350 e. The fourth-order valence-electron chi connectivity index (χ4n) is 6.58. The Bertz CT molecular complexity index is 1080. The molecule has 1 amide bonds. The number of rotatable bonds is 6. The normalized spacial score (nSPS) is 28.1. The number of hydrogen-bond acceptors (Lipinski definition) is 5. The van der Waals surface area contributed by atoms with Crippen LogP contribution in [0.4, 0.5) is 0 Å². The second kappa shape index (κ2) is 8.03. The van der Waals surface area contributed by atoms with Gasteiger partial charge >= 0.3 is 0 Å². The van der Waals surface area contributed by atoms with Crippen LogP contribution >= 0.6 is 11.8 Å². The van der Waals surface area contributed by atoms with E-state index in [4.69, 9.17) is 0 Å². The first-order chi connectivity index (χ1) is 15.7. The van der Waals surface area contributed by atoms with Crippen molar-refractivity contribution >= 4 is 17.7 Å². The lowest BCUT2D eigenvalue weighted by atomic mass is 9.53. The van der Waals surface area contributed by atoms with Crippen molar-refractivity contribution in [2.24, 2.45) is 17.8 Å². The molecule has 2 heterocycles. The van der Waals surface area contributed by atoms with Gasteiger partial charge in [-0.15, -0.1) is 10.2 Å². The topological polar surface area (TPSA) is 72.7 Å². The second-order valence-electron chi connectivity index (χ2n) is 9.75. The third-order valence-corrected chi connectivity index (χ3v) is 8.27. The van der Waals surface area contributed by atoms with Gasteiger partial charge < -0.3 is 5.32 Å². The van der Waals surface area contributed by atoms with E-state index in [9.17, 15) is 4.79 Å². The highest BCUT2D eigenvalue weighted by Crippen LogP contribution is 2.55. The first-order valence-electron chi connectivity index (χ1n) is 11.5. The standard InChI is InChI=1S/C25H27N5OS/c31-22(27-25-12-17-9-18(13-25)11-19(10-17)14-25)16-32-24-29-28-23(20-5-4-8-26-15-20)30(24)21-6-2-1-3-7-21/h1-8,15,17-19H,9-14,16H2,(H,27,31). The highest BCUT2D eigenvalue weighted by molar-refractivity contribution is 7.99. The maximum absolute atomic E-state index is 13.0. The van der Waals surface area contributed by atoms with Gasteiger partial charge in [0, 0.05) is 29.2 Å². The minimum Gasteiger partial charge on any atom is -0.350 e. The van der Waals surface area contributed by atoms with Gasteiger partial charge in [0.2, 0.25) is 5.91 Å². The molecule has 0 aliphatic heterocycles. The predicted octanol–water partition coefficient (Wildman–Crippen LogP) is 4.51. The molecule has 32 heavy (non-hydrogen) atoms. The summed E-state index contributed by atoms with van der Waals surface area (Å²) < 4.78 is 2.01. The molecule has 0 radical (unpaired) electrons. The molecule has 0 spiro atoms. The van der Waals surface area contributed by atoms with Gasteiger partial charge in [0.25, 0.3) is 0 Å². The van der Waals surface area contributed by atoms with Crippen molar-refractivity contribution in [1.82, 2.24) is 25.1 Å². The van der Waals surface area contributed by atoms with Gasteiger partial charge in [0.1, 0.15) is 0 Å². The highest BCUT2D eigenvalue weighted by Gasteiger charge is 2.51. The number of hydrogen-bond donors (Lipinski definition) is 1. The molecule has 164 valence electrons. The number of nitrogens with one attached hydrogen (secondary N) is 1. The van der Waals surface area contributed by atoms with E-state index < -0.39 is 0 Å². The van der Waals surface area contributed by atoms with Gasteiger partial charge in [0.05, 0.1) is 5.75 Å². The molecule has 0 unspecified atom stereocenters. The Morgan fingerprint density at radius 3 is 2.38 bits per heavy atom. The monoisotopic (exact) mass is 445 g/mol. The summed E-state index contributed by atoms with van der Waals surface area (Å²) in [6, 6.07) is 13.9. The summed E-state index contributed by atoms with van der Waals surface area (Å²) in [6.07, 6.45) is 11.2. The summed E-state index contributed by atoms with van der Waals surface area (Å²) in [5.74, 6) is 3.64. The summed E-state index contributed by atoms with van der Waals surface area (Å²) in [6.45, 7) is 0. The molecule has 7 rings (SSSR count). The molecule has 2 aromatic heterocycles. The number of aromatic nitrogens is 4. The molecule has 4 saturated carbocycles. The lowest BCUT2D eigenvalue weighted by Crippen LogP contribution is -2.60. The number of carbonyl (C=O) groups excluding carboxylic acids is 1. The molecule has 1 N–H and O–H groups in total. The Kier molecular flexibility index (Phi) is 5.01. The number of pyridine rings is 1. The van der Waals surface area contributed by atoms with Crippen molar-refractivity contribution in [3.63, 3.8) is 0 Å². The van der Waals surface area contributed by atoms with Crippen LogP contribution in [-0.4, -0.2) is 36.9 Å². The summed E-state index contributed by atoms with van der Waals surface area (Å²) >= 11 is 1.45. The van der Waals surface area contributed by atoms with Crippen molar-refractivity contribution in [3.05, 3.63) is 54.9 Å². The first-order valence-corrected chi connectivity index (χ1v) is 12.5. The van der Waals surface area contributed by atoms with Crippen molar-refractivity contribution in [2.75, 3.05) is 5.75 Å². The van der Waals surface area contributed by atoms with Crippen molar-refractivity contribution < 1.29 is 4.79 Å². The quantitative estimate of drug-likeness (QED) is 0.566. The first kappa shape index (κ1) is 20.0. The molecule has 7 heteroatoms. The summed E-state index contributed by atoms with van der Waals surface area (Å²) in [4.78, 5) is 17.3. The average Bonchev–Trinajstić information content (AvgIpc) is 3.22. The third-order valence-electron chi connectivity index (χ3n) is 7.34. The molecule has 3 aromatic rings. The number of nitrogens with zero attached hydrogens (tertiary/aromatic N) is 4. The maximum Gasteiger partial charge on any atom is 0.230 e. The van der Waals surface area contributed by atoms with Gasteiger partial charge in [-0.2, -0.15) is 0 Å². The van der Waals surface area contributed by atoms with Crippen LogP contribution in [0.3, 0.4) is 0 Å². The lowest BCUT2D eigenvalue weighted by Gasteiger charge is -2.56. The molecule has 6 nitrogen and oxygen atoms in total. The van der Waals surface area contributed by atoms with Crippen LogP contribution in [0, 0.1) is 17.8 Å². The van der Waals surface area contributed by atoms with E-state index in [1.807, 2.05) is 47.0 Å². The Hall–Kier alpha value is -2.67. The average molecular weight is 446 g/mol. The van der Waals surface area contributed by atoms with Crippen molar-refractivity contribution in [3.8, 4) is 17.1 Å². The Balaban J connectivity index is 1.21. The fraction of sp³-hybridized carbons (Fsp3) is 0.440. The van der Waals surface area contributed by atoms with Crippen LogP contribution < -0.4 is 5.32 Å².